The van der Waals surface area contributed by atoms with Crippen LogP contribution >= 0.6 is 0 Å². The Hall–Kier alpha value is -1.38. The normalized spacial score (nSPS) is 25.3. The Kier molecular flexibility index (Phi) is 2.00. The summed E-state index contributed by atoms with van der Waals surface area (Å²) >= 11 is 0. The van der Waals surface area contributed by atoms with Gasteiger partial charge in [-0.05, 0) is 18.1 Å². The third-order valence-corrected chi connectivity index (χ3v) is 2.16. The van der Waals surface area contributed by atoms with Gasteiger partial charge in [-0.15, -0.1) is 0 Å². The Balaban J connectivity index is 1.97. The van der Waals surface area contributed by atoms with E-state index in [4.69, 9.17) is 4.74 Å². The molecule has 0 spiro atoms. The standard InChI is InChI=1S/C10H11NO2/c1-7(12)13-10-5-9(10)8-3-2-4-11-6-8/h2-4,6,9-10H,5H2,1H3. The molecule has 1 fully saturated rings. The predicted octanol–water partition coefficient (Wildman–Crippen LogP) is 1.50. The molecular formula is C10H11NO2. The summed E-state index contributed by atoms with van der Waals surface area (Å²) < 4.78 is 5.06. The number of carbonyl (C=O) groups is 1. The van der Waals surface area contributed by atoms with Crippen molar-refractivity contribution in [2.45, 2.75) is 25.4 Å². The van der Waals surface area contributed by atoms with Crippen LogP contribution in [-0.4, -0.2) is 17.1 Å². The van der Waals surface area contributed by atoms with Crippen molar-refractivity contribution < 1.29 is 9.53 Å². The fourth-order valence-corrected chi connectivity index (χ4v) is 1.46. The molecule has 0 bridgehead atoms. The van der Waals surface area contributed by atoms with Crippen LogP contribution in [0, 0.1) is 0 Å². The fraction of sp³-hybridized carbons (Fsp3) is 0.400. The van der Waals surface area contributed by atoms with Crippen molar-refractivity contribution in [3.63, 3.8) is 0 Å². The van der Waals surface area contributed by atoms with Crippen molar-refractivity contribution in [3.8, 4) is 0 Å². The first-order valence-corrected chi connectivity index (χ1v) is 4.34. The van der Waals surface area contributed by atoms with Gasteiger partial charge in [-0.1, -0.05) is 6.07 Å². The first kappa shape index (κ1) is 8.23. The topological polar surface area (TPSA) is 39.2 Å². The molecule has 2 unspecified atom stereocenters. The average Bonchev–Trinajstić information content (AvgIpc) is 2.84. The Morgan fingerprint density at radius 3 is 3.15 bits per heavy atom. The van der Waals surface area contributed by atoms with Crippen molar-refractivity contribution in [3.05, 3.63) is 30.1 Å². The van der Waals surface area contributed by atoms with Crippen LogP contribution in [0.2, 0.25) is 0 Å². The number of aromatic nitrogens is 1. The molecule has 0 aromatic carbocycles. The summed E-state index contributed by atoms with van der Waals surface area (Å²) in [4.78, 5) is 14.7. The molecule has 1 aliphatic carbocycles. The quantitative estimate of drug-likeness (QED) is 0.642. The van der Waals surface area contributed by atoms with Gasteiger partial charge in [0.2, 0.25) is 0 Å². The van der Waals surface area contributed by atoms with Crippen LogP contribution in [0.15, 0.2) is 24.5 Å². The lowest BCUT2D eigenvalue weighted by Crippen LogP contribution is -2.02. The predicted molar refractivity (Wildman–Crippen MR) is 47.1 cm³/mol. The highest BCUT2D eigenvalue weighted by molar-refractivity contribution is 5.66. The Bertz CT molecular complexity index is 310. The molecule has 3 heteroatoms. The van der Waals surface area contributed by atoms with Gasteiger partial charge in [0.05, 0.1) is 0 Å². The highest BCUT2D eigenvalue weighted by Crippen LogP contribution is 2.42. The van der Waals surface area contributed by atoms with Gasteiger partial charge in [0.15, 0.2) is 0 Å². The maximum absolute atomic E-state index is 10.6. The summed E-state index contributed by atoms with van der Waals surface area (Å²) in [5.74, 6) is 0.175. The van der Waals surface area contributed by atoms with Gasteiger partial charge in [0, 0.05) is 25.2 Å². The molecule has 0 saturated heterocycles. The third kappa shape index (κ3) is 1.86. The highest BCUT2D eigenvalue weighted by atomic mass is 16.5. The molecule has 0 N–H and O–H groups in total. The summed E-state index contributed by atoms with van der Waals surface area (Å²) in [6.07, 6.45) is 4.59. The summed E-state index contributed by atoms with van der Waals surface area (Å²) in [5.41, 5.74) is 1.16. The number of ether oxygens (including phenoxy) is 1. The van der Waals surface area contributed by atoms with E-state index in [1.54, 1.807) is 6.20 Å². The van der Waals surface area contributed by atoms with Crippen LogP contribution in [0.1, 0.15) is 24.8 Å². The summed E-state index contributed by atoms with van der Waals surface area (Å²) in [6, 6.07) is 3.92. The summed E-state index contributed by atoms with van der Waals surface area (Å²) in [6.45, 7) is 1.44. The van der Waals surface area contributed by atoms with Crippen LogP contribution in [0.3, 0.4) is 0 Å². The lowest BCUT2D eigenvalue weighted by Gasteiger charge is -1.99. The number of rotatable bonds is 2. The van der Waals surface area contributed by atoms with E-state index >= 15 is 0 Å². The number of nitrogens with zero attached hydrogens (tertiary/aromatic N) is 1. The molecule has 3 nitrogen and oxygen atoms in total. The number of pyridine rings is 1. The van der Waals surface area contributed by atoms with Crippen LogP contribution in [0.25, 0.3) is 0 Å². The molecule has 1 aromatic rings. The molecular weight excluding hydrogens is 166 g/mol. The molecule has 1 aliphatic rings. The Morgan fingerprint density at radius 1 is 1.69 bits per heavy atom. The maximum Gasteiger partial charge on any atom is 0.302 e. The lowest BCUT2D eigenvalue weighted by molar-refractivity contribution is -0.142. The van der Waals surface area contributed by atoms with Gasteiger partial charge in [0.25, 0.3) is 0 Å². The molecule has 68 valence electrons. The van der Waals surface area contributed by atoms with Gasteiger partial charge in [-0.25, -0.2) is 0 Å². The van der Waals surface area contributed by atoms with Crippen LogP contribution in [-0.2, 0) is 9.53 Å². The van der Waals surface area contributed by atoms with E-state index < -0.39 is 0 Å². The van der Waals surface area contributed by atoms with Crippen molar-refractivity contribution in [2.24, 2.45) is 0 Å². The molecule has 0 amide bonds. The Morgan fingerprint density at radius 2 is 2.54 bits per heavy atom. The van der Waals surface area contributed by atoms with Crippen LogP contribution < -0.4 is 0 Å². The Labute approximate surface area is 76.7 Å². The molecule has 0 aliphatic heterocycles. The van der Waals surface area contributed by atoms with Crippen molar-refractivity contribution >= 4 is 5.97 Å². The minimum atomic E-state index is -0.198. The van der Waals surface area contributed by atoms with Gasteiger partial charge >= 0.3 is 5.97 Å². The largest absolute Gasteiger partial charge is 0.462 e. The first-order chi connectivity index (χ1) is 6.27. The zero-order chi connectivity index (χ0) is 9.26. The van der Waals surface area contributed by atoms with E-state index in [0.29, 0.717) is 5.92 Å². The second-order valence-electron chi connectivity index (χ2n) is 3.28. The van der Waals surface area contributed by atoms with E-state index in [1.807, 2.05) is 18.3 Å². The number of carbonyl (C=O) groups excluding carboxylic acids is 1. The molecule has 13 heavy (non-hydrogen) atoms. The molecule has 1 saturated carbocycles. The minimum Gasteiger partial charge on any atom is -0.462 e. The number of hydrogen-bond donors (Lipinski definition) is 0. The average molecular weight is 177 g/mol. The zero-order valence-electron chi connectivity index (χ0n) is 7.43. The van der Waals surface area contributed by atoms with Gasteiger partial charge in [-0.2, -0.15) is 0 Å². The van der Waals surface area contributed by atoms with E-state index in [2.05, 4.69) is 4.98 Å². The van der Waals surface area contributed by atoms with Crippen molar-refractivity contribution in [1.29, 1.82) is 0 Å². The minimum absolute atomic E-state index is 0.0849. The second-order valence-corrected chi connectivity index (χ2v) is 3.28. The van der Waals surface area contributed by atoms with Gasteiger partial charge < -0.3 is 4.74 Å². The zero-order valence-corrected chi connectivity index (χ0v) is 7.43. The van der Waals surface area contributed by atoms with E-state index in [1.165, 1.54) is 6.92 Å². The maximum atomic E-state index is 10.6. The van der Waals surface area contributed by atoms with E-state index in [-0.39, 0.29) is 12.1 Å². The third-order valence-electron chi connectivity index (χ3n) is 2.16. The molecule has 1 aromatic heterocycles. The molecule has 1 heterocycles. The smallest absolute Gasteiger partial charge is 0.302 e. The summed E-state index contributed by atoms with van der Waals surface area (Å²) in [5, 5.41) is 0. The summed E-state index contributed by atoms with van der Waals surface area (Å²) in [7, 11) is 0. The number of esters is 1. The fourth-order valence-electron chi connectivity index (χ4n) is 1.46. The van der Waals surface area contributed by atoms with Gasteiger partial charge in [0.1, 0.15) is 6.10 Å². The molecule has 2 atom stereocenters. The SMILES string of the molecule is CC(=O)OC1CC1c1cccnc1. The monoisotopic (exact) mass is 177 g/mol. The van der Waals surface area contributed by atoms with E-state index in [0.717, 1.165) is 12.0 Å². The highest BCUT2D eigenvalue weighted by Gasteiger charge is 2.41. The molecule has 2 rings (SSSR count). The van der Waals surface area contributed by atoms with E-state index in [9.17, 15) is 4.79 Å². The number of hydrogen-bond acceptors (Lipinski definition) is 3. The van der Waals surface area contributed by atoms with Crippen LogP contribution in [0.4, 0.5) is 0 Å². The first-order valence-electron chi connectivity index (χ1n) is 4.34. The second kappa shape index (κ2) is 3.17. The van der Waals surface area contributed by atoms with Crippen molar-refractivity contribution in [2.75, 3.05) is 0 Å². The van der Waals surface area contributed by atoms with Crippen LogP contribution in [0.5, 0.6) is 0 Å². The van der Waals surface area contributed by atoms with Gasteiger partial charge in [-0.3, -0.25) is 9.78 Å². The van der Waals surface area contributed by atoms with Crippen molar-refractivity contribution in [1.82, 2.24) is 4.98 Å². The lowest BCUT2D eigenvalue weighted by atomic mass is 10.2. The molecule has 0 radical (unpaired) electrons.